The van der Waals surface area contributed by atoms with Gasteiger partial charge in [-0.25, -0.2) is 0 Å². The molecule has 4 aliphatic rings. The molecule has 1 fully saturated rings. The van der Waals surface area contributed by atoms with Gasteiger partial charge in [0.25, 0.3) is 11.7 Å². The van der Waals surface area contributed by atoms with E-state index in [0.29, 0.717) is 26.2 Å². The summed E-state index contributed by atoms with van der Waals surface area (Å²) in [5.41, 5.74) is 0.723. The van der Waals surface area contributed by atoms with Gasteiger partial charge >= 0.3 is 11.8 Å². The lowest BCUT2D eigenvalue weighted by molar-refractivity contribution is -0.160. The molecule has 0 aromatic heterocycles. The summed E-state index contributed by atoms with van der Waals surface area (Å²) < 4.78 is 29.1. The number of hydrazone groups is 1. The van der Waals surface area contributed by atoms with Gasteiger partial charge in [0, 0.05) is 93.9 Å². The predicted molar refractivity (Wildman–Crippen MR) is 256 cm³/mol. The SMILES string of the molecule is COc1ccc(CN2CCCN(/N=C\c3c4c(O)c5c(O)c(C)c6c(c5c3O)C(=O)C(C)(O/C=C/C(OC)C(C)C(OC(C)=O)C(C)C(O)C(C)C(O)C(C)/C=C/C=C(\C)C(=O)N4)O6)CC2)cc1. The Hall–Kier alpha value is -6.14. The zero-order valence-corrected chi connectivity index (χ0v) is 40.5. The van der Waals surface area contributed by atoms with Crippen molar-refractivity contribution >= 4 is 40.3 Å². The number of carbonyl (C=O) groups is 3. The van der Waals surface area contributed by atoms with Crippen molar-refractivity contribution in [1.82, 2.24) is 9.91 Å². The summed E-state index contributed by atoms with van der Waals surface area (Å²) in [4.78, 5) is 43.3. The maximum atomic E-state index is 14.6. The third kappa shape index (κ3) is 10.6. The molecule has 0 spiro atoms. The van der Waals surface area contributed by atoms with Gasteiger partial charge in [0.2, 0.25) is 0 Å². The van der Waals surface area contributed by atoms with Gasteiger partial charge in [-0.05, 0) is 44.0 Å². The summed E-state index contributed by atoms with van der Waals surface area (Å²) in [6.45, 7) is 15.8. The molecule has 17 nitrogen and oxygen atoms in total. The second-order valence-corrected chi connectivity index (χ2v) is 18.3. The van der Waals surface area contributed by atoms with Crippen molar-refractivity contribution in [2.24, 2.45) is 28.8 Å². The molecule has 6 N–H and O–H groups in total. The maximum Gasteiger partial charge on any atom is 0.312 e. The molecule has 1 saturated heterocycles. The van der Waals surface area contributed by atoms with E-state index < -0.39 is 88.8 Å². The molecule has 4 heterocycles. The minimum absolute atomic E-state index is 0.0479. The number of aliphatic hydroxyl groups is 2. The van der Waals surface area contributed by atoms with E-state index in [1.165, 1.54) is 59.4 Å². The van der Waals surface area contributed by atoms with Crippen LogP contribution in [0.25, 0.3) is 10.8 Å². The summed E-state index contributed by atoms with van der Waals surface area (Å²) in [6.07, 6.45) is 5.61. The lowest BCUT2D eigenvalue weighted by Crippen LogP contribution is -2.46. The number of benzene rings is 3. The van der Waals surface area contributed by atoms with Crippen LogP contribution in [0.3, 0.4) is 0 Å². The number of aromatic hydroxyl groups is 3. The highest BCUT2D eigenvalue weighted by atomic mass is 16.7. The molecule has 17 heteroatoms. The zero-order chi connectivity index (χ0) is 49.8. The average molecular weight is 943 g/mol. The fraction of sp³-hybridized carbons (Fsp3) is 0.490. The third-order valence-corrected chi connectivity index (χ3v) is 13.5. The van der Waals surface area contributed by atoms with E-state index in [1.54, 1.807) is 47.0 Å². The van der Waals surface area contributed by atoms with Gasteiger partial charge in [0.15, 0.2) is 5.75 Å². The highest BCUT2D eigenvalue weighted by Gasteiger charge is 2.50. The highest BCUT2D eigenvalue weighted by molar-refractivity contribution is 6.23. The molecule has 3 aromatic rings. The number of phenolic OH excluding ortho intramolecular Hbond substituents is 3. The number of rotatable bonds is 7. The van der Waals surface area contributed by atoms with E-state index in [9.17, 15) is 39.9 Å². The van der Waals surface area contributed by atoms with Crippen LogP contribution in [0.2, 0.25) is 0 Å². The van der Waals surface area contributed by atoms with Gasteiger partial charge in [0.05, 0.1) is 60.1 Å². The van der Waals surface area contributed by atoms with E-state index in [1.807, 2.05) is 29.3 Å². The summed E-state index contributed by atoms with van der Waals surface area (Å²) in [5.74, 6) is -7.71. The monoisotopic (exact) mass is 942 g/mol. The number of hydrogen-bond acceptors (Lipinski definition) is 16. The number of fused-ring (bicyclic) bond motifs is 14. The van der Waals surface area contributed by atoms with Gasteiger partial charge in [-0.3, -0.25) is 24.3 Å². The van der Waals surface area contributed by atoms with Crippen molar-refractivity contribution in [3.63, 3.8) is 0 Å². The Morgan fingerprint density at radius 2 is 1.62 bits per heavy atom. The lowest BCUT2D eigenvalue weighted by Gasteiger charge is -2.38. The van der Waals surface area contributed by atoms with Crippen LogP contribution in [0.4, 0.5) is 5.69 Å². The molecule has 368 valence electrons. The largest absolute Gasteiger partial charge is 0.507 e. The molecule has 3 aromatic carbocycles. The molecule has 4 aliphatic heterocycles. The second kappa shape index (κ2) is 21.4. The zero-order valence-electron chi connectivity index (χ0n) is 40.5. The van der Waals surface area contributed by atoms with Crippen molar-refractivity contribution in [1.29, 1.82) is 0 Å². The Bertz CT molecular complexity index is 2490. The second-order valence-electron chi connectivity index (χ2n) is 18.3. The number of allylic oxidation sites excluding steroid dienone is 2. The number of nitrogens with zero attached hydrogens (tertiary/aromatic N) is 3. The number of phenols is 3. The number of aliphatic hydroxyl groups excluding tert-OH is 2. The van der Waals surface area contributed by atoms with E-state index in [-0.39, 0.29) is 44.5 Å². The molecule has 0 saturated carbocycles. The van der Waals surface area contributed by atoms with Gasteiger partial charge in [-0.1, -0.05) is 58.1 Å². The van der Waals surface area contributed by atoms with Crippen molar-refractivity contribution in [2.75, 3.05) is 45.7 Å². The van der Waals surface area contributed by atoms with E-state index >= 15 is 0 Å². The Morgan fingerprint density at radius 1 is 0.912 bits per heavy atom. The summed E-state index contributed by atoms with van der Waals surface area (Å²) in [5, 5.41) is 67.9. The first kappa shape index (κ1) is 51.3. The topological polar surface area (TPSA) is 229 Å². The van der Waals surface area contributed by atoms with Crippen LogP contribution in [-0.2, 0) is 30.3 Å². The smallest absolute Gasteiger partial charge is 0.312 e. The average Bonchev–Trinajstić information content (AvgIpc) is 3.41. The molecule has 1 amide bonds. The van der Waals surface area contributed by atoms with Crippen LogP contribution in [-0.4, -0.2) is 130 Å². The maximum absolute atomic E-state index is 14.6. The standard InChI is InChI=1S/C51H66N4O13/c1-27-13-11-14-28(2)50(63)53-41-36(25-52-55-21-12-20-54(22-23-55)26-34-15-17-35(64-9)18-16-34)45(60)38-39(46(41)61)44(59)32(6)48-40(38)49(62)51(8,68-48)66-24-19-37(65-10)29(3)47(67-33(7)56)31(5)43(58)30(4)42(27)57/h11,13-19,24-25,27,29-31,37,42-43,47,57-61H,12,20-23,26H2,1-10H3,(H,53,63)/b13-11+,24-19+,28-14+,52-25-. The summed E-state index contributed by atoms with van der Waals surface area (Å²) in [6, 6.07) is 7.89. The fourth-order valence-electron chi connectivity index (χ4n) is 9.23. The fourth-order valence-corrected chi connectivity index (χ4v) is 9.23. The number of anilines is 1. The first-order chi connectivity index (χ1) is 32.2. The van der Waals surface area contributed by atoms with Crippen LogP contribution in [0.15, 0.2) is 65.5 Å². The number of carbonyl (C=O) groups excluding carboxylic acids is 3. The Morgan fingerprint density at radius 3 is 2.28 bits per heavy atom. The molecule has 7 rings (SSSR count). The van der Waals surface area contributed by atoms with E-state index in [4.69, 9.17) is 28.8 Å². The molecule has 9 atom stereocenters. The molecule has 0 aliphatic carbocycles. The number of amides is 1. The molecule has 5 bridgehead atoms. The number of hydrogen-bond donors (Lipinski definition) is 6. The first-order valence-corrected chi connectivity index (χ1v) is 22.9. The van der Waals surface area contributed by atoms with Crippen LogP contribution >= 0.6 is 0 Å². The van der Waals surface area contributed by atoms with Crippen LogP contribution in [0.1, 0.15) is 81.9 Å². The molecule has 9 unspecified atom stereocenters. The van der Waals surface area contributed by atoms with Crippen LogP contribution < -0.4 is 14.8 Å². The minimum atomic E-state index is -2.07. The normalized spacial score (nSPS) is 29.5. The van der Waals surface area contributed by atoms with E-state index in [0.717, 1.165) is 24.3 Å². The van der Waals surface area contributed by atoms with Gasteiger partial charge in [0.1, 0.15) is 29.1 Å². The first-order valence-electron chi connectivity index (χ1n) is 22.9. The lowest BCUT2D eigenvalue weighted by atomic mass is 9.78. The van der Waals surface area contributed by atoms with Crippen LogP contribution in [0, 0.1) is 30.6 Å². The number of esters is 1. The Labute approximate surface area is 397 Å². The number of Topliss-reactive ketones (excluding diaryl/α,β-unsaturated/α-hetero) is 1. The number of ether oxygens (including phenoxy) is 5. The summed E-state index contributed by atoms with van der Waals surface area (Å²) >= 11 is 0. The Kier molecular flexibility index (Phi) is 16.2. The third-order valence-electron chi connectivity index (χ3n) is 13.5. The van der Waals surface area contributed by atoms with Crippen molar-refractivity contribution in [2.45, 2.75) is 98.6 Å². The molecular weight excluding hydrogens is 877 g/mol. The van der Waals surface area contributed by atoms with E-state index in [2.05, 4.69) is 10.2 Å². The quantitative estimate of drug-likeness (QED) is 0.0661. The van der Waals surface area contributed by atoms with Crippen molar-refractivity contribution < 1.29 is 63.6 Å². The molecule has 68 heavy (non-hydrogen) atoms. The van der Waals surface area contributed by atoms with Gasteiger partial charge in [-0.2, -0.15) is 5.10 Å². The van der Waals surface area contributed by atoms with Gasteiger partial charge in [-0.15, -0.1) is 0 Å². The predicted octanol–water partition coefficient (Wildman–Crippen LogP) is 6.30. The van der Waals surface area contributed by atoms with Gasteiger partial charge < -0.3 is 54.5 Å². The number of nitrogens with one attached hydrogen (secondary N) is 1. The number of ketones is 1. The summed E-state index contributed by atoms with van der Waals surface area (Å²) in [7, 11) is 3.06. The Balaban J connectivity index is 1.45. The highest BCUT2D eigenvalue weighted by Crippen LogP contribution is 2.55. The molecular formula is C51H66N4O13. The van der Waals surface area contributed by atoms with Crippen molar-refractivity contribution in [3.8, 4) is 28.7 Å². The van der Waals surface area contributed by atoms with Crippen LogP contribution in [0.5, 0.6) is 28.7 Å². The minimum Gasteiger partial charge on any atom is -0.507 e. The molecule has 0 radical (unpaired) electrons. The van der Waals surface area contributed by atoms with Crippen molar-refractivity contribution in [3.05, 3.63) is 82.7 Å². The number of methoxy groups -OCH3 is 2.